The zero-order chi connectivity index (χ0) is 27.2. The van der Waals surface area contributed by atoms with Crippen molar-refractivity contribution in [2.24, 2.45) is 11.7 Å². The number of benzene rings is 2. The van der Waals surface area contributed by atoms with E-state index in [1.807, 2.05) is 17.0 Å². The maximum Gasteiger partial charge on any atom is 0.240 e. The van der Waals surface area contributed by atoms with E-state index in [1.165, 1.54) is 5.56 Å². The average Bonchev–Trinajstić information content (AvgIpc) is 3.24. The molecule has 0 spiro atoms. The number of carbonyl (C=O) groups is 2. The zero-order valence-electron chi connectivity index (χ0n) is 22.0. The van der Waals surface area contributed by atoms with Crippen molar-refractivity contribution in [1.82, 2.24) is 9.80 Å². The maximum atomic E-state index is 14.0. The van der Waals surface area contributed by atoms with Gasteiger partial charge in [-0.3, -0.25) is 14.5 Å². The SMILES string of the molecule is C[C@@H]1C[C@H]2C(=O)N([C@H](CCC(N)=S)C(=O)CCc3ccc(Cl)c(Cl)c3)CCC(CCc3ccccc3)N2C1. The van der Waals surface area contributed by atoms with Crippen molar-refractivity contribution in [2.75, 3.05) is 13.1 Å². The Kier molecular flexibility index (Phi) is 10.2. The van der Waals surface area contributed by atoms with Crippen LogP contribution in [-0.4, -0.2) is 57.7 Å². The molecule has 0 radical (unpaired) electrons. The molecule has 0 aromatic heterocycles. The molecule has 2 N–H and O–H groups in total. The van der Waals surface area contributed by atoms with Crippen molar-refractivity contribution in [2.45, 2.75) is 76.4 Å². The number of carbonyl (C=O) groups excluding carboxylic acids is 2. The minimum absolute atomic E-state index is 0.0426. The van der Waals surface area contributed by atoms with Crippen LogP contribution in [-0.2, 0) is 22.4 Å². The Morgan fingerprint density at radius 1 is 1.08 bits per heavy atom. The topological polar surface area (TPSA) is 66.6 Å². The smallest absolute Gasteiger partial charge is 0.240 e. The third-order valence-electron chi connectivity index (χ3n) is 7.95. The molecule has 1 amide bonds. The van der Waals surface area contributed by atoms with Crippen LogP contribution >= 0.6 is 35.4 Å². The molecular weight excluding hydrogens is 537 g/mol. The highest BCUT2D eigenvalue weighted by Gasteiger charge is 2.45. The molecule has 2 fully saturated rings. The first-order valence-electron chi connectivity index (χ1n) is 13.6. The number of Topliss-reactive ketones (excluding diaryl/α,β-unsaturated/α-hetero) is 1. The molecule has 2 heterocycles. The molecule has 8 heteroatoms. The molecule has 2 aliphatic rings. The normalized spacial score (nSPS) is 22.7. The molecule has 2 saturated heterocycles. The minimum Gasteiger partial charge on any atom is -0.393 e. The fourth-order valence-corrected chi connectivity index (χ4v) is 6.41. The largest absolute Gasteiger partial charge is 0.393 e. The van der Waals surface area contributed by atoms with Gasteiger partial charge in [-0.25, -0.2) is 0 Å². The lowest BCUT2D eigenvalue weighted by Crippen LogP contribution is -2.50. The molecule has 0 bridgehead atoms. The number of thiocarbonyl (C=S) groups is 1. The van der Waals surface area contributed by atoms with Gasteiger partial charge >= 0.3 is 0 Å². The summed E-state index contributed by atoms with van der Waals surface area (Å²) in [6, 6.07) is 15.5. The number of aryl methyl sites for hydroxylation is 2. The van der Waals surface area contributed by atoms with Crippen molar-refractivity contribution >= 4 is 52.1 Å². The van der Waals surface area contributed by atoms with Crippen molar-refractivity contribution in [1.29, 1.82) is 0 Å². The van der Waals surface area contributed by atoms with Gasteiger partial charge in [0, 0.05) is 25.6 Å². The first-order chi connectivity index (χ1) is 18.2. The number of halogens is 2. The summed E-state index contributed by atoms with van der Waals surface area (Å²) in [4.78, 5) is 32.3. The Labute approximate surface area is 241 Å². The number of rotatable bonds is 11. The zero-order valence-corrected chi connectivity index (χ0v) is 24.3. The van der Waals surface area contributed by atoms with E-state index in [1.54, 1.807) is 12.1 Å². The van der Waals surface area contributed by atoms with Crippen LogP contribution in [0.1, 0.15) is 56.6 Å². The lowest BCUT2D eigenvalue weighted by molar-refractivity contribution is -0.142. The second-order valence-corrected chi connectivity index (χ2v) is 12.1. The second-order valence-electron chi connectivity index (χ2n) is 10.8. The van der Waals surface area contributed by atoms with Gasteiger partial charge in [-0.15, -0.1) is 0 Å². The van der Waals surface area contributed by atoms with E-state index < -0.39 is 6.04 Å². The highest BCUT2D eigenvalue weighted by Crippen LogP contribution is 2.33. The summed E-state index contributed by atoms with van der Waals surface area (Å²) in [5, 5.41) is 0.963. The van der Waals surface area contributed by atoms with Crippen LogP contribution in [0.15, 0.2) is 48.5 Å². The average molecular weight is 575 g/mol. The minimum atomic E-state index is -0.530. The lowest BCUT2D eigenvalue weighted by Gasteiger charge is -2.32. The van der Waals surface area contributed by atoms with Crippen molar-refractivity contribution in [3.05, 3.63) is 69.7 Å². The van der Waals surface area contributed by atoms with E-state index >= 15 is 0 Å². The molecule has 5 nitrogen and oxygen atoms in total. The number of hydrogen-bond donors (Lipinski definition) is 1. The van der Waals surface area contributed by atoms with Gasteiger partial charge in [-0.1, -0.05) is 78.7 Å². The molecule has 4 rings (SSSR count). The van der Waals surface area contributed by atoms with Crippen LogP contribution in [0.25, 0.3) is 0 Å². The molecule has 0 aliphatic carbocycles. The van der Waals surface area contributed by atoms with Gasteiger partial charge in [0.25, 0.3) is 0 Å². The fraction of sp³-hybridized carbons (Fsp3) is 0.500. The molecule has 0 saturated carbocycles. The molecule has 4 atom stereocenters. The molecular formula is C30H37Cl2N3O2S. The Morgan fingerprint density at radius 3 is 2.55 bits per heavy atom. The van der Waals surface area contributed by atoms with E-state index in [2.05, 4.69) is 36.1 Å². The van der Waals surface area contributed by atoms with Gasteiger partial charge < -0.3 is 10.6 Å². The van der Waals surface area contributed by atoms with Crippen molar-refractivity contribution in [3.8, 4) is 0 Å². The van der Waals surface area contributed by atoms with Gasteiger partial charge in [0.1, 0.15) is 0 Å². The van der Waals surface area contributed by atoms with E-state index in [-0.39, 0.29) is 17.7 Å². The highest BCUT2D eigenvalue weighted by atomic mass is 35.5. The molecule has 2 aliphatic heterocycles. The van der Waals surface area contributed by atoms with Gasteiger partial charge in [-0.05, 0) is 74.1 Å². The highest BCUT2D eigenvalue weighted by molar-refractivity contribution is 7.80. The summed E-state index contributed by atoms with van der Waals surface area (Å²) in [6.45, 7) is 3.71. The molecule has 204 valence electrons. The predicted molar refractivity (Wildman–Crippen MR) is 159 cm³/mol. The van der Waals surface area contributed by atoms with Crippen LogP contribution in [0.5, 0.6) is 0 Å². The quantitative estimate of drug-likeness (QED) is 0.340. The third kappa shape index (κ3) is 7.35. The summed E-state index contributed by atoms with van der Waals surface area (Å²) >= 11 is 17.4. The fourth-order valence-electron chi connectivity index (χ4n) is 5.98. The van der Waals surface area contributed by atoms with E-state index in [9.17, 15) is 9.59 Å². The van der Waals surface area contributed by atoms with Crippen LogP contribution in [0.4, 0.5) is 0 Å². The van der Waals surface area contributed by atoms with Crippen molar-refractivity contribution in [3.63, 3.8) is 0 Å². The third-order valence-corrected chi connectivity index (χ3v) is 8.90. The lowest BCUT2D eigenvalue weighted by atomic mass is 9.97. The summed E-state index contributed by atoms with van der Waals surface area (Å²) < 4.78 is 0. The van der Waals surface area contributed by atoms with Crippen LogP contribution in [0.2, 0.25) is 10.0 Å². The number of fused-ring (bicyclic) bond motifs is 1. The number of nitrogens with two attached hydrogens (primary N) is 1. The summed E-state index contributed by atoms with van der Waals surface area (Å²) in [5.41, 5.74) is 8.09. The summed E-state index contributed by atoms with van der Waals surface area (Å²) in [5.74, 6) is 0.567. The van der Waals surface area contributed by atoms with Crippen LogP contribution < -0.4 is 5.73 Å². The van der Waals surface area contributed by atoms with Gasteiger partial charge in [0.05, 0.1) is 27.1 Å². The van der Waals surface area contributed by atoms with Gasteiger partial charge in [0.15, 0.2) is 5.78 Å². The standard InChI is InChI=1S/C30H37Cl2N3O2S/c1-20-17-27-30(37)34(16-15-23(35(27)19-20)10-7-21-5-3-2-4-6-21)26(12-14-29(33)38)28(36)13-9-22-8-11-24(31)25(32)18-22/h2-6,8,11,18,20,23,26-27H,7,9-10,12-17,19H2,1H3,(H2,33,38)/t20-,23?,26-,27+/m1/s1. The van der Waals surface area contributed by atoms with Gasteiger partial charge in [0.2, 0.25) is 5.91 Å². The summed E-state index contributed by atoms with van der Waals surface area (Å²) in [6.07, 6.45) is 5.40. The second kappa shape index (κ2) is 13.4. The molecule has 1 unspecified atom stereocenters. The van der Waals surface area contributed by atoms with E-state index in [0.717, 1.165) is 37.8 Å². The molecule has 2 aromatic carbocycles. The van der Waals surface area contributed by atoms with Gasteiger partial charge in [-0.2, -0.15) is 0 Å². The maximum absolute atomic E-state index is 14.0. The molecule has 2 aromatic rings. The summed E-state index contributed by atoms with van der Waals surface area (Å²) in [7, 11) is 0. The number of ketones is 1. The Morgan fingerprint density at radius 2 is 1.84 bits per heavy atom. The first-order valence-corrected chi connectivity index (χ1v) is 14.7. The van der Waals surface area contributed by atoms with Crippen molar-refractivity contribution < 1.29 is 9.59 Å². The number of nitrogens with zero attached hydrogens (tertiary/aromatic N) is 2. The predicted octanol–water partition coefficient (Wildman–Crippen LogP) is 5.87. The Balaban J connectivity index is 1.51. The number of hydrogen-bond acceptors (Lipinski definition) is 4. The molecule has 38 heavy (non-hydrogen) atoms. The van der Waals surface area contributed by atoms with Crippen LogP contribution in [0.3, 0.4) is 0 Å². The van der Waals surface area contributed by atoms with E-state index in [0.29, 0.717) is 59.2 Å². The Bertz CT molecular complexity index is 1150. The van der Waals surface area contributed by atoms with E-state index in [4.69, 9.17) is 41.2 Å². The number of amides is 1. The first kappa shape index (κ1) is 29.0. The Hall–Kier alpha value is -1.99. The monoisotopic (exact) mass is 573 g/mol. The van der Waals surface area contributed by atoms with Crippen LogP contribution in [0, 0.1) is 5.92 Å².